The first-order chi connectivity index (χ1) is 10.3. The van der Waals surface area contributed by atoms with E-state index in [1.807, 2.05) is 25.7 Å². The van der Waals surface area contributed by atoms with Gasteiger partial charge >= 0.3 is 6.09 Å². The minimum Gasteiger partial charge on any atom is -0.444 e. The van der Waals surface area contributed by atoms with Crippen LogP contribution >= 0.6 is 0 Å². The molecule has 0 aromatic heterocycles. The van der Waals surface area contributed by atoms with Gasteiger partial charge in [-0.2, -0.15) is 0 Å². The van der Waals surface area contributed by atoms with Crippen molar-refractivity contribution in [2.45, 2.75) is 71.3 Å². The van der Waals surface area contributed by atoms with E-state index < -0.39 is 5.60 Å². The van der Waals surface area contributed by atoms with Gasteiger partial charge in [-0.05, 0) is 57.8 Å². The molecule has 22 heavy (non-hydrogen) atoms. The van der Waals surface area contributed by atoms with Gasteiger partial charge in [0.2, 0.25) is 0 Å². The van der Waals surface area contributed by atoms with Crippen LogP contribution in [0.5, 0.6) is 0 Å². The molecule has 1 N–H and O–H groups in total. The van der Waals surface area contributed by atoms with E-state index >= 15 is 0 Å². The third-order valence-corrected chi connectivity index (χ3v) is 5.94. The Morgan fingerprint density at radius 1 is 1.18 bits per heavy atom. The summed E-state index contributed by atoms with van der Waals surface area (Å²) in [5.74, 6) is 0.728. The molecule has 0 atom stereocenters. The van der Waals surface area contributed by atoms with E-state index in [1.54, 1.807) is 0 Å². The van der Waals surface area contributed by atoms with E-state index in [1.165, 1.54) is 32.1 Å². The molecule has 4 rings (SSSR count). The van der Waals surface area contributed by atoms with Gasteiger partial charge in [0.1, 0.15) is 5.60 Å². The standard InChI is InChI=1S/C18H31NO3/c1-16(2,3)22-15(21)19-11-17(13-20)9-18(10-17,12-19)14-7-5-4-6-8-14/h14,20H,4-13H2,1-3H3. The highest BCUT2D eigenvalue weighted by atomic mass is 16.6. The van der Waals surface area contributed by atoms with Gasteiger partial charge in [0, 0.05) is 18.5 Å². The van der Waals surface area contributed by atoms with Crippen LogP contribution in [0.1, 0.15) is 65.7 Å². The first kappa shape index (κ1) is 16.1. The Bertz CT molecular complexity index is 428. The van der Waals surface area contributed by atoms with Gasteiger partial charge < -0.3 is 14.7 Å². The van der Waals surface area contributed by atoms with Crippen LogP contribution in [0.15, 0.2) is 0 Å². The molecule has 2 saturated carbocycles. The highest BCUT2D eigenvalue weighted by Crippen LogP contribution is 2.64. The molecule has 0 spiro atoms. The molecule has 2 aliphatic heterocycles. The number of carbonyl (C=O) groups excluding carboxylic acids is 1. The molecule has 0 unspecified atom stereocenters. The number of amides is 1. The summed E-state index contributed by atoms with van der Waals surface area (Å²) in [7, 11) is 0. The van der Waals surface area contributed by atoms with Crippen molar-refractivity contribution in [1.29, 1.82) is 0 Å². The van der Waals surface area contributed by atoms with E-state index in [2.05, 4.69) is 0 Å². The summed E-state index contributed by atoms with van der Waals surface area (Å²) in [5, 5.41) is 9.85. The summed E-state index contributed by atoms with van der Waals surface area (Å²) in [6.45, 7) is 7.42. The number of hydrogen-bond donors (Lipinski definition) is 1. The third-order valence-electron chi connectivity index (χ3n) is 5.94. The van der Waals surface area contributed by atoms with Crippen molar-refractivity contribution < 1.29 is 14.6 Å². The second kappa shape index (κ2) is 5.40. The van der Waals surface area contributed by atoms with Crippen LogP contribution in [0.3, 0.4) is 0 Å². The summed E-state index contributed by atoms with van der Waals surface area (Å²) in [6.07, 6.45) is 8.59. The van der Waals surface area contributed by atoms with E-state index in [9.17, 15) is 9.90 Å². The van der Waals surface area contributed by atoms with Crippen molar-refractivity contribution in [3.63, 3.8) is 0 Å². The first-order valence-corrected chi connectivity index (χ1v) is 8.86. The molecule has 4 heteroatoms. The lowest BCUT2D eigenvalue weighted by atomic mass is 9.44. The highest BCUT2D eigenvalue weighted by Gasteiger charge is 2.62. The van der Waals surface area contributed by atoms with Crippen molar-refractivity contribution in [3.05, 3.63) is 0 Å². The van der Waals surface area contributed by atoms with E-state index in [0.717, 1.165) is 25.3 Å². The lowest BCUT2D eigenvalue weighted by Gasteiger charge is -2.66. The first-order valence-electron chi connectivity index (χ1n) is 8.86. The number of fused-ring (bicyclic) bond motifs is 2. The van der Waals surface area contributed by atoms with Gasteiger partial charge in [-0.15, -0.1) is 0 Å². The zero-order valence-electron chi connectivity index (χ0n) is 14.4. The maximum atomic E-state index is 12.5. The minimum absolute atomic E-state index is 0.0629. The zero-order chi connectivity index (χ0) is 16.0. The fourth-order valence-electron chi connectivity index (χ4n) is 5.26. The Morgan fingerprint density at radius 3 is 2.36 bits per heavy atom. The molecular formula is C18H31NO3. The van der Waals surface area contributed by atoms with Crippen molar-refractivity contribution in [2.75, 3.05) is 19.7 Å². The van der Waals surface area contributed by atoms with Gasteiger partial charge in [0.05, 0.1) is 6.61 Å². The number of aliphatic hydroxyl groups excluding tert-OH is 1. The largest absolute Gasteiger partial charge is 0.444 e. The summed E-state index contributed by atoms with van der Waals surface area (Å²) in [5.41, 5.74) is -0.270. The molecule has 1 amide bonds. The predicted molar refractivity (Wildman–Crippen MR) is 85.6 cm³/mol. The number of aliphatic hydroxyl groups is 1. The molecule has 2 saturated heterocycles. The Morgan fingerprint density at radius 2 is 1.82 bits per heavy atom. The lowest BCUT2D eigenvalue weighted by Crippen LogP contribution is -2.68. The summed E-state index contributed by atoms with van der Waals surface area (Å²) < 4.78 is 5.57. The second-order valence-corrected chi connectivity index (χ2v) is 9.05. The molecule has 2 heterocycles. The van der Waals surface area contributed by atoms with Crippen LogP contribution in [-0.4, -0.2) is 41.4 Å². The van der Waals surface area contributed by atoms with Gasteiger partial charge in [-0.3, -0.25) is 0 Å². The number of piperidine rings is 2. The maximum absolute atomic E-state index is 12.5. The van der Waals surface area contributed by atoms with Crippen LogP contribution in [0, 0.1) is 16.7 Å². The Hall–Kier alpha value is -0.770. The molecule has 126 valence electrons. The van der Waals surface area contributed by atoms with Crippen molar-refractivity contribution in [3.8, 4) is 0 Å². The number of nitrogens with zero attached hydrogens (tertiary/aromatic N) is 1. The molecule has 0 radical (unpaired) electrons. The summed E-state index contributed by atoms with van der Waals surface area (Å²) in [4.78, 5) is 14.4. The molecule has 0 aromatic carbocycles. The second-order valence-electron chi connectivity index (χ2n) is 9.05. The highest BCUT2D eigenvalue weighted by molar-refractivity contribution is 5.68. The smallest absolute Gasteiger partial charge is 0.410 e. The molecule has 4 aliphatic rings. The Balaban J connectivity index is 1.73. The van der Waals surface area contributed by atoms with Crippen LogP contribution in [0.2, 0.25) is 0 Å². The van der Waals surface area contributed by atoms with Crippen LogP contribution < -0.4 is 0 Å². The number of hydrogen-bond acceptors (Lipinski definition) is 3. The molecule has 0 aromatic rings. The Kier molecular flexibility index (Phi) is 3.95. The van der Waals surface area contributed by atoms with Gasteiger partial charge in [-0.1, -0.05) is 19.3 Å². The van der Waals surface area contributed by atoms with E-state index in [4.69, 9.17) is 4.74 Å². The zero-order valence-corrected chi connectivity index (χ0v) is 14.4. The van der Waals surface area contributed by atoms with Gasteiger partial charge in [0.25, 0.3) is 0 Å². The van der Waals surface area contributed by atoms with Crippen LogP contribution in [0.4, 0.5) is 4.79 Å². The summed E-state index contributed by atoms with van der Waals surface area (Å²) in [6, 6.07) is 0. The van der Waals surface area contributed by atoms with E-state index in [-0.39, 0.29) is 23.5 Å². The van der Waals surface area contributed by atoms with Crippen LogP contribution in [0.25, 0.3) is 0 Å². The number of carbonyl (C=O) groups is 1. The normalized spacial score (nSPS) is 35.9. The molecule has 4 nitrogen and oxygen atoms in total. The lowest BCUT2D eigenvalue weighted by molar-refractivity contribution is -0.181. The fourth-order valence-corrected chi connectivity index (χ4v) is 5.26. The maximum Gasteiger partial charge on any atom is 0.410 e. The Labute approximate surface area is 134 Å². The molecule has 2 bridgehead atoms. The monoisotopic (exact) mass is 309 g/mol. The average Bonchev–Trinajstić information content (AvgIpc) is 2.45. The third kappa shape index (κ3) is 2.86. The topological polar surface area (TPSA) is 49.8 Å². The van der Waals surface area contributed by atoms with Crippen molar-refractivity contribution in [1.82, 2.24) is 4.90 Å². The molecule has 2 aliphatic carbocycles. The quantitative estimate of drug-likeness (QED) is 0.848. The molecular weight excluding hydrogens is 278 g/mol. The minimum atomic E-state index is -0.455. The van der Waals surface area contributed by atoms with E-state index in [0.29, 0.717) is 6.54 Å². The van der Waals surface area contributed by atoms with Crippen molar-refractivity contribution >= 4 is 6.09 Å². The number of ether oxygens (including phenoxy) is 1. The fraction of sp³-hybridized carbons (Fsp3) is 0.944. The SMILES string of the molecule is CC(C)(C)OC(=O)N1CC2(CO)CC(C3CCCCC3)(C1)C2. The number of rotatable bonds is 2. The van der Waals surface area contributed by atoms with Crippen LogP contribution in [-0.2, 0) is 4.74 Å². The van der Waals surface area contributed by atoms with Crippen molar-refractivity contribution in [2.24, 2.45) is 16.7 Å². The summed E-state index contributed by atoms with van der Waals surface area (Å²) >= 11 is 0. The molecule has 4 fully saturated rings. The van der Waals surface area contributed by atoms with Gasteiger partial charge in [-0.25, -0.2) is 4.79 Å². The predicted octanol–water partition coefficient (Wildman–Crippen LogP) is 3.58. The van der Waals surface area contributed by atoms with Gasteiger partial charge in [0.15, 0.2) is 0 Å². The average molecular weight is 309 g/mol.